The lowest BCUT2D eigenvalue weighted by atomic mass is 10.2. The Labute approximate surface area is 115 Å². The summed E-state index contributed by atoms with van der Waals surface area (Å²) in [5.41, 5.74) is 0.625. The molecule has 0 amide bonds. The number of benzene rings is 1. The highest BCUT2D eigenvalue weighted by Crippen LogP contribution is 2.23. The van der Waals surface area contributed by atoms with Gasteiger partial charge in [0, 0.05) is 27.2 Å². The Morgan fingerprint density at radius 2 is 1.84 bits per heavy atom. The van der Waals surface area contributed by atoms with Gasteiger partial charge >= 0.3 is 0 Å². The summed E-state index contributed by atoms with van der Waals surface area (Å²) in [7, 11) is -0.382. The summed E-state index contributed by atoms with van der Waals surface area (Å²) in [5, 5.41) is 11.8. The quantitative estimate of drug-likeness (QED) is 0.711. The van der Waals surface area contributed by atoms with E-state index in [4.69, 9.17) is 5.11 Å². The molecule has 0 bridgehead atoms. The smallest absolute Gasteiger partial charge is 0.244 e. The molecule has 0 spiro atoms. The Balaban J connectivity index is 2.74. The number of rotatable bonds is 8. The normalized spacial score (nSPS) is 11.8. The van der Waals surface area contributed by atoms with E-state index in [1.165, 1.54) is 18.4 Å². The second-order valence-corrected chi connectivity index (χ2v) is 6.61. The number of aliphatic hydroxyl groups is 1. The van der Waals surface area contributed by atoms with E-state index in [1.54, 1.807) is 18.2 Å². The van der Waals surface area contributed by atoms with E-state index in [0.717, 1.165) is 19.3 Å². The molecule has 0 heterocycles. The van der Waals surface area contributed by atoms with Gasteiger partial charge in [0.15, 0.2) is 0 Å². The van der Waals surface area contributed by atoms with Crippen molar-refractivity contribution in [1.29, 1.82) is 0 Å². The maximum atomic E-state index is 12.1. The predicted molar refractivity (Wildman–Crippen MR) is 76.7 cm³/mol. The van der Waals surface area contributed by atoms with Crippen molar-refractivity contribution in [1.82, 2.24) is 4.31 Å². The molecule has 0 atom stereocenters. The Kier molecular flexibility index (Phi) is 6.27. The number of anilines is 1. The summed E-state index contributed by atoms with van der Waals surface area (Å²) in [6.07, 6.45) is 2.60. The first-order chi connectivity index (χ1) is 9.00. The van der Waals surface area contributed by atoms with Crippen LogP contribution in [0.2, 0.25) is 0 Å². The minimum atomic E-state index is -3.42. The molecular formula is C13H22N2O3S. The molecule has 0 fully saturated rings. The highest BCUT2D eigenvalue weighted by molar-refractivity contribution is 7.89. The van der Waals surface area contributed by atoms with Crippen molar-refractivity contribution in [3.8, 4) is 0 Å². The molecule has 6 heteroatoms. The maximum Gasteiger partial charge on any atom is 0.244 e. The Hall–Kier alpha value is -1.11. The second kappa shape index (κ2) is 7.47. The van der Waals surface area contributed by atoms with Crippen LogP contribution in [-0.2, 0) is 10.0 Å². The minimum Gasteiger partial charge on any atom is -0.396 e. The predicted octanol–water partition coefficient (Wildman–Crippen LogP) is 1.51. The van der Waals surface area contributed by atoms with Crippen molar-refractivity contribution in [3.05, 3.63) is 24.3 Å². The molecule has 1 rings (SSSR count). The van der Waals surface area contributed by atoms with Gasteiger partial charge in [-0.1, -0.05) is 12.1 Å². The van der Waals surface area contributed by atoms with Crippen LogP contribution in [0, 0.1) is 0 Å². The van der Waals surface area contributed by atoms with Crippen molar-refractivity contribution < 1.29 is 13.5 Å². The molecule has 108 valence electrons. The average Bonchev–Trinajstić information content (AvgIpc) is 2.38. The van der Waals surface area contributed by atoms with Gasteiger partial charge in [0.05, 0.1) is 5.69 Å². The van der Waals surface area contributed by atoms with Crippen molar-refractivity contribution >= 4 is 15.7 Å². The van der Waals surface area contributed by atoms with Gasteiger partial charge in [0.25, 0.3) is 0 Å². The van der Waals surface area contributed by atoms with E-state index in [2.05, 4.69) is 5.32 Å². The summed E-state index contributed by atoms with van der Waals surface area (Å²) in [5.74, 6) is 0. The van der Waals surface area contributed by atoms with Crippen LogP contribution in [0.3, 0.4) is 0 Å². The number of para-hydroxylation sites is 1. The van der Waals surface area contributed by atoms with Crippen LogP contribution in [0.4, 0.5) is 5.69 Å². The lowest BCUT2D eigenvalue weighted by molar-refractivity contribution is 0.283. The van der Waals surface area contributed by atoms with Crippen molar-refractivity contribution in [3.63, 3.8) is 0 Å². The molecule has 0 aliphatic rings. The van der Waals surface area contributed by atoms with Crippen molar-refractivity contribution in [2.75, 3.05) is 32.6 Å². The SMILES string of the molecule is CN(C)S(=O)(=O)c1ccccc1NCCCCCO. The summed E-state index contributed by atoms with van der Waals surface area (Å²) >= 11 is 0. The van der Waals surface area contributed by atoms with Gasteiger partial charge in [-0.05, 0) is 31.4 Å². The fourth-order valence-electron chi connectivity index (χ4n) is 1.67. The molecule has 19 heavy (non-hydrogen) atoms. The number of unbranched alkanes of at least 4 members (excludes halogenated alkanes) is 2. The van der Waals surface area contributed by atoms with E-state index in [1.807, 2.05) is 6.07 Å². The number of aliphatic hydroxyl groups excluding tert-OH is 1. The summed E-state index contributed by atoms with van der Waals surface area (Å²) in [6.45, 7) is 0.894. The number of hydrogen-bond acceptors (Lipinski definition) is 4. The largest absolute Gasteiger partial charge is 0.396 e. The first kappa shape index (κ1) is 15.9. The molecule has 0 aromatic heterocycles. The van der Waals surface area contributed by atoms with Crippen LogP contribution in [0.1, 0.15) is 19.3 Å². The van der Waals surface area contributed by atoms with Gasteiger partial charge in [0.2, 0.25) is 10.0 Å². The zero-order chi connectivity index (χ0) is 14.3. The van der Waals surface area contributed by atoms with Crippen LogP contribution in [0.5, 0.6) is 0 Å². The number of nitrogens with zero attached hydrogens (tertiary/aromatic N) is 1. The number of sulfonamides is 1. The molecule has 1 aromatic rings. The fourth-order valence-corrected chi connectivity index (χ4v) is 2.73. The standard InChI is InChI=1S/C13H22N2O3S/c1-15(2)19(17,18)13-9-5-4-8-12(13)14-10-6-3-7-11-16/h4-5,8-9,14,16H,3,6-7,10-11H2,1-2H3. The number of hydrogen-bond donors (Lipinski definition) is 2. The molecule has 0 aliphatic heterocycles. The van der Waals surface area contributed by atoms with Gasteiger partial charge < -0.3 is 10.4 Å². The minimum absolute atomic E-state index is 0.200. The van der Waals surface area contributed by atoms with E-state index in [9.17, 15) is 8.42 Å². The molecule has 1 aromatic carbocycles. The third-order valence-electron chi connectivity index (χ3n) is 2.80. The van der Waals surface area contributed by atoms with Crippen LogP contribution < -0.4 is 5.32 Å². The molecule has 5 nitrogen and oxygen atoms in total. The zero-order valence-corrected chi connectivity index (χ0v) is 12.3. The zero-order valence-electron chi connectivity index (χ0n) is 11.5. The number of nitrogens with one attached hydrogen (secondary N) is 1. The summed E-state index contributed by atoms with van der Waals surface area (Å²) in [6, 6.07) is 6.89. The monoisotopic (exact) mass is 286 g/mol. The van der Waals surface area contributed by atoms with E-state index < -0.39 is 10.0 Å². The molecule has 0 aliphatic carbocycles. The fraction of sp³-hybridized carbons (Fsp3) is 0.538. The van der Waals surface area contributed by atoms with Gasteiger partial charge in [-0.3, -0.25) is 0 Å². The molecule has 0 saturated carbocycles. The Morgan fingerprint density at radius 3 is 2.47 bits per heavy atom. The highest BCUT2D eigenvalue weighted by Gasteiger charge is 2.20. The van der Waals surface area contributed by atoms with Crippen LogP contribution >= 0.6 is 0 Å². The third kappa shape index (κ3) is 4.49. The van der Waals surface area contributed by atoms with E-state index in [-0.39, 0.29) is 6.61 Å². The first-order valence-corrected chi connectivity index (χ1v) is 7.80. The topological polar surface area (TPSA) is 69.6 Å². The molecule has 0 unspecified atom stereocenters. The Morgan fingerprint density at radius 1 is 1.16 bits per heavy atom. The molecular weight excluding hydrogens is 264 g/mol. The van der Waals surface area contributed by atoms with Crippen LogP contribution in [0.25, 0.3) is 0 Å². The lowest BCUT2D eigenvalue weighted by Gasteiger charge is -2.16. The van der Waals surface area contributed by atoms with Crippen molar-refractivity contribution in [2.24, 2.45) is 0 Å². The summed E-state index contributed by atoms with van der Waals surface area (Å²) in [4.78, 5) is 0.294. The summed E-state index contributed by atoms with van der Waals surface area (Å²) < 4.78 is 25.5. The Bertz CT molecular complexity index is 486. The van der Waals surface area contributed by atoms with E-state index >= 15 is 0 Å². The second-order valence-electron chi connectivity index (χ2n) is 4.49. The average molecular weight is 286 g/mol. The highest BCUT2D eigenvalue weighted by atomic mass is 32.2. The van der Waals surface area contributed by atoms with Crippen molar-refractivity contribution in [2.45, 2.75) is 24.2 Å². The molecule has 0 saturated heterocycles. The van der Waals surface area contributed by atoms with Gasteiger partial charge in [-0.15, -0.1) is 0 Å². The molecule has 0 radical (unpaired) electrons. The van der Waals surface area contributed by atoms with Gasteiger partial charge in [-0.2, -0.15) is 0 Å². The van der Waals surface area contributed by atoms with Gasteiger partial charge in [0.1, 0.15) is 4.90 Å². The van der Waals surface area contributed by atoms with Crippen LogP contribution in [0.15, 0.2) is 29.2 Å². The van der Waals surface area contributed by atoms with Gasteiger partial charge in [-0.25, -0.2) is 12.7 Å². The molecule has 2 N–H and O–H groups in total. The lowest BCUT2D eigenvalue weighted by Crippen LogP contribution is -2.23. The first-order valence-electron chi connectivity index (χ1n) is 6.36. The third-order valence-corrected chi connectivity index (χ3v) is 4.67. The van der Waals surface area contributed by atoms with E-state index in [0.29, 0.717) is 17.1 Å². The van der Waals surface area contributed by atoms with Crippen LogP contribution in [-0.4, -0.2) is 45.1 Å². The maximum absolute atomic E-state index is 12.1.